The van der Waals surface area contributed by atoms with Crippen LogP contribution in [-0.2, 0) is 4.79 Å². The Labute approximate surface area is 236 Å². The average molecular weight is 561 g/mol. The van der Waals surface area contributed by atoms with E-state index in [1.807, 2.05) is 6.07 Å². The zero-order chi connectivity index (χ0) is 28.4. The molecule has 0 aliphatic heterocycles. The zero-order valence-electron chi connectivity index (χ0n) is 22.5. The summed E-state index contributed by atoms with van der Waals surface area (Å²) in [5, 5.41) is 26.1. The zero-order valence-corrected chi connectivity index (χ0v) is 23.3. The second-order valence-corrected chi connectivity index (χ2v) is 11.7. The molecule has 1 unspecified atom stereocenters. The third-order valence-electron chi connectivity index (χ3n) is 6.86. The Morgan fingerprint density at radius 3 is 2.65 bits per heavy atom. The van der Waals surface area contributed by atoms with Gasteiger partial charge in [0.25, 0.3) is 0 Å². The summed E-state index contributed by atoms with van der Waals surface area (Å²) in [4.78, 5) is 18.2. The fourth-order valence-corrected chi connectivity index (χ4v) is 4.73. The molecule has 1 aliphatic rings. The lowest BCUT2D eigenvalue weighted by molar-refractivity contribution is -0.123. The fourth-order valence-electron chi connectivity index (χ4n) is 4.46. The summed E-state index contributed by atoms with van der Waals surface area (Å²) in [6.45, 7) is 6.93. The maximum Gasteiger partial charge on any atom is 0.243 e. The minimum Gasteiger partial charge on any atom is -0.383 e. The first-order chi connectivity index (χ1) is 19.1. The Morgan fingerprint density at radius 2 is 2.00 bits per heavy atom. The predicted molar refractivity (Wildman–Crippen MR) is 153 cm³/mol. The van der Waals surface area contributed by atoms with Crippen molar-refractivity contribution in [2.45, 2.75) is 46.1 Å². The normalized spacial score (nSPS) is 14.3. The summed E-state index contributed by atoms with van der Waals surface area (Å²) in [6, 6.07) is 11.3. The summed E-state index contributed by atoms with van der Waals surface area (Å²) in [5.74, 6) is -0.463. The van der Waals surface area contributed by atoms with Crippen LogP contribution in [0.1, 0.15) is 62.9 Å². The van der Waals surface area contributed by atoms with E-state index < -0.39 is 6.04 Å². The van der Waals surface area contributed by atoms with E-state index in [9.17, 15) is 14.4 Å². The molecular weight excluding hydrogens is 531 g/mol. The highest BCUT2D eigenvalue weighted by atomic mass is 35.5. The first kappa shape index (κ1) is 27.3. The summed E-state index contributed by atoms with van der Waals surface area (Å²) >= 11 is 6.68. The number of anilines is 2. The van der Waals surface area contributed by atoms with Gasteiger partial charge in [0.15, 0.2) is 0 Å². The van der Waals surface area contributed by atoms with E-state index in [4.69, 9.17) is 11.6 Å². The molecule has 206 valence electrons. The van der Waals surface area contributed by atoms with Crippen molar-refractivity contribution in [2.24, 2.45) is 11.3 Å². The van der Waals surface area contributed by atoms with E-state index in [0.29, 0.717) is 45.1 Å². The van der Waals surface area contributed by atoms with Crippen molar-refractivity contribution in [3.63, 3.8) is 0 Å². The fraction of sp³-hybridized carbons (Fsp3) is 0.345. The number of pyridine rings is 1. The van der Waals surface area contributed by atoms with Crippen molar-refractivity contribution in [1.29, 1.82) is 5.26 Å². The number of nitrogens with one attached hydrogen (secondary N) is 3. The van der Waals surface area contributed by atoms with Crippen molar-refractivity contribution in [3.8, 4) is 6.07 Å². The molecule has 2 aromatic carbocycles. The molecule has 0 radical (unpaired) electrons. The third-order valence-corrected chi connectivity index (χ3v) is 7.15. The molecule has 5 rings (SSSR count). The van der Waals surface area contributed by atoms with Crippen LogP contribution in [0.4, 0.5) is 15.8 Å². The van der Waals surface area contributed by atoms with Crippen LogP contribution in [0.2, 0.25) is 5.02 Å². The SMILES string of the molecule is CC(C)(C)CNc1c(C#N)cnc2c(Cl)cc(NC(c3ccc(F)cc3)c3cn(NC(=O)C4CCC4)nn3)cc12. The van der Waals surface area contributed by atoms with Crippen LogP contribution in [0.15, 0.2) is 48.8 Å². The van der Waals surface area contributed by atoms with Gasteiger partial charge in [0, 0.05) is 29.7 Å². The van der Waals surface area contributed by atoms with E-state index in [1.54, 1.807) is 24.4 Å². The summed E-state index contributed by atoms with van der Waals surface area (Å²) in [6.07, 6.45) is 5.93. The maximum absolute atomic E-state index is 13.8. The number of hydrogen-bond acceptors (Lipinski definition) is 7. The van der Waals surface area contributed by atoms with Crippen LogP contribution in [0.5, 0.6) is 0 Å². The lowest BCUT2D eigenvalue weighted by Crippen LogP contribution is -2.33. The molecule has 40 heavy (non-hydrogen) atoms. The molecule has 1 fully saturated rings. The number of rotatable bonds is 8. The van der Waals surface area contributed by atoms with E-state index in [1.165, 1.54) is 23.1 Å². The molecule has 0 saturated heterocycles. The first-order valence-electron chi connectivity index (χ1n) is 13.1. The van der Waals surface area contributed by atoms with E-state index >= 15 is 0 Å². The van der Waals surface area contributed by atoms with Gasteiger partial charge in [-0.1, -0.05) is 50.9 Å². The van der Waals surface area contributed by atoms with E-state index in [0.717, 1.165) is 24.8 Å². The number of hydrogen-bond donors (Lipinski definition) is 3. The summed E-state index contributed by atoms with van der Waals surface area (Å²) in [7, 11) is 0. The van der Waals surface area contributed by atoms with Crippen molar-refractivity contribution in [3.05, 3.63) is 76.5 Å². The summed E-state index contributed by atoms with van der Waals surface area (Å²) in [5.41, 5.74) is 6.22. The summed E-state index contributed by atoms with van der Waals surface area (Å²) < 4.78 is 13.8. The first-order valence-corrected chi connectivity index (χ1v) is 13.5. The van der Waals surface area contributed by atoms with Crippen LogP contribution >= 0.6 is 11.6 Å². The number of amides is 1. The third kappa shape index (κ3) is 6.00. The maximum atomic E-state index is 13.8. The Balaban J connectivity index is 1.52. The molecule has 9 nitrogen and oxygen atoms in total. The molecule has 0 spiro atoms. The molecule has 1 amide bonds. The number of halogens is 2. The number of benzene rings is 2. The molecular formula is C29H30ClFN8O. The highest BCUT2D eigenvalue weighted by molar-refractivity contribution is 6.35. The predicted octanol–water partition coefficient (Wildman–Crippen LogP) is 6.02. The number of aromatic nitrogens is 4. The minimum absolute atomic E-state index is 0.00795. The van der Waals surface area contributed by atoms with Gasteiger partial charge in [-0.3, -0.25) is 9.78 Å². The van der Waals surface area contributed by atoms with E-state index in [-0.39, 0.29) is 23.1 Å². The van der Waals surface area contributed by atoms with Crippen molar-refractivity contribution in [2.75, 3.05) is 22.6 Å². The van der Waals surface area contributed by atoms with Gasteiger partial charge < -0.3 is 10.6 Å². The van der Waals surface area contributed by atoms with Crippen LogP contribution in [0, 0.1) is 28.5 Å². The molecule has 1 aliphatic carbocycles. The van der Waals surface area contributed by atoms with Crippen LogP contribution in [0.3, 0.4) is 0 Å². The number of nitrogens with zero attached hydrogens (tertiary/aromatic N) is 5. The number of carbonyl (C=O) groups excluding carboxylic acids is 1. The Hall–Kier alpha value is -4.23. The number of nitriles is 1. The standard InChI is InChI=1S/C29H30ClFN8O/c1-29(2,3)16-34-25-19(13-32)14-33-27-22(25)11-21(12-23(27)30)35-26(17-7-9-20(31)10-8-17)24-15-39(38-36-24)37-28(40)18-5-4-6-18/h7-12,14-15,18,26,35H,4-6,16H2,1-3H3,(H,33,34)(H,37,40). The van der Waals surface area contributed by atoms with Crippen LogP contribution in [-0.4, -0.2) is 32.5 Å². The Kier molecular flexibility index (Phi) is 7.59. The molecule has 1 atom stereocenters. The van der Waals surface area contributed by atoms with Gasteiger partial charge in [-0.15, -0.1) is 5.10 Å². The topological polar surface area (TPSA) is 121 Å². The molecule has 0 bridgehead atoms. The van der Waals surface area contributed by atoms with Crippen molar-refractivity contribution in [1.82, 2.24) is 20.1 Å². The van der Waals surface area contributed by atoms with Gasteiger partial charge in [-0.25, -0.2) is 9.82 Å². The average Bonchev–Trinajstić information content (AvgIpc) is 3.32. The number of fused-ring (bicyclic) bond motifs is 1. The van der Waals surface area contributed by atoms with Gasteiger partial charge in [0.1, 0.15) is 17.6 Å². The molecule has 4 aromatic rings. The largest absolute Gasteiger partial charge is 0.383 e. The van der Waals surface area contributed by atoms with Crippen LogP contribution in [0.25, 0.3) is 10.9 Å². The van der Waals surface area contributed by atoms with Gasteiger partial charge in [0.05, 0.1) is 34.0 Å². The highest BCUT2D eigenvalue weighted by Gasteiger charge is 2.26. The van der Waals surface area contributed by atoms with Crippen molar-refractivity contribution < 1.29 is 9.18 Å². The lowest BCUT2D eigenvalue weighted by atomic mass is 9.85. The highest BCUT2D eigenvalue weighted by Crippen LogP contribution is 2.36. The molecule has 2 heterocycles. The smallest absolute Gasteiger partial charge is 0.243 e. The van der Waals surface area contributed by atoms with E-state index in [2.05, 4.69) is 58.2 Å². The quantitative estimate of drug-likeness (QED) is 0.241. The van der Waals surface area contributed by atoms with Gasteiger partial charge in [-0.05, 0) is 53.3 Å². The Bertz CT molecular complexity index is 1580. The second kappa shape index (κ2) is 11.1. The monoisotopic (exact) mass is 560 g/mol. The molecule has 1 saturated carbocycles. The molecule has 3 N–H and O–H groups in total. The second-order valence-electron chi connectivity index (χ2n) is 11.2. The van der Waals surface area contributed by atoms with Gasteiger partial charge in [0.2, 0.25) is 5.91 Å². The van der Waals surface area contributed by atoms with Gasteiger partial charge >= 0.3 is 0 Å². The number of carbonyl (C=O) groups is 1. The Morgan fingerprint density at radius 1 is 1.25 bits per heavy atom. The van der Waals surface area contributed by atoms with Crippen molar-refractivity contribution >= 4 is 39.8 Å². The minimum atomic E-state index is -0.554. The lowest BCUT2D eigenvalue weighted by Gasteiger charge is -2.23. The van der Waals surface area contributed by atoms with Crippen LogP contribution < -0.4 is 16.1 Å². The van der Waals surface area contributed by atoms with Gasteiger partial charge in [-0.2, -0.15) is 10.1 Å². The molecule has 11 heteroatoms. The molecule has 2 aromatic heterocycles.